The van der Waals surface area contributed by atoms with Crippen molar-refractivity contribution >= 4 is 33.4 Å². The van der Waals surface area contributed by atoms with Gasteiger partial charge in [-0.3, -0.25) is 9.59 Å². The summed E-state index contributed by atoms with van der Waals surface area (Å²) in [5.41, 5.74) is 0.977. The fraction of sp³-hybridized carbons (Fsp3) is 0.111. The maximum atomic E-state index is 13.2. The van der Waals surface area contributed by atoms with Crippen LogP contribution in [0, 0.1) is 5.82 Å². The lowest BCUT2D eigenvalue weighted by molar-refractivity contribution is -0.139. The zero-order valence-corrected chi connectivity index (χ0v) is 14.2. The van der Waals surface area contributed by atoms with Crippen molar-refractivity contribution in [3.05, 3.63) is 75.5 Å². The molecule has 1 atom stereocenters. The lowest BCUT2D eigenvalue weighted by atomic mass is 9.95. The van der Waals surface area contributed by atoms with E-state index in [1.54, 1.807) is 24.3 Å². The predicted octanol–water partition coefficient (Wildman–Crippen LogP) is 3.64. The number of benzene rings is 2. The number of Topliss-reactive ketones (excluding diaryl/α,β-unsaturated/α-hetero) is 1. The number of halogens is 2. The van der Waals surface area contributed by atoms with Crippen molar-refractivity contribution in [2.45, 2.75) is 6.04 Å². The predicted molar refractivity (Wildman–Crippen MR) is 90.6 cm³/mol. The third-order valence-corrected chi connectivity index (χ3v) is 4.51. The number of rotatable bonds is 2. The highest BCUT2D eigenvalue weighted by atomic mass is 79.9. The second-order valence-electron chi connectivity index (χ2n) is 5.47. The molecule has 24 heavy (non-hydrogen) atoms. The molecule has 1 fully saturated rings. The van der Waals surface area contributed by atoms with Crippen molar-refractivity contribution in [2.75, 3.05) is 7.05 Å². The molecule has 2 aromatic rings. The SMILES string of the molecule is CN1C(=O)C(=O)/C(=C(\O)c2ccc(Br)cc2)C1c1ccc(F)cc1. The minimum Gasteiger partial charge on any atom is -0.507 e. The summed E-state index contributed by atoms with van der Waals surface area (Å²) >= 11 is 3.30. The first-order valence-corrected chi connectivity index (χ1v) is 7.95. The molecule has 0 radical (unpaired) electrons. The van der Waals surface area contributed by atoms with E-state index in [0.717, 1.165) is 4.47 Å². The lowest BCUT2D eigenvalue weighted by Crippen LogP contribution is -2.24. The third-order valence-electron chi connectivity index (χ3n) is 3.98. The molecule has 1 aliphatic heterocycles. The van der Waals surface area contributed by atoms with Crippen molar-refractivity contribution in [3.8, 4) is 0 Å². The van der Waals surface area contributed by atoms with Gasteiger partial charge in [-0.05, 0) is 29.8 Å². The van der Waals surface area contributed by atoms with E-state index >= 15 is 0 Å². The number of aliphatic hydroxyl groups is 1. The Balaban J connectivity index is 2.16. The molecule has 0 saturated carbocycles. The Morgan fingerprint density at radius 3 is 2.25 bits per heavy atom. The molecular weight excluding hydrogens is 377 g/mol. The van der Waals surface area contributed by atoms with Gasteiger partial charge in [0.1, 0.15) is 11.6 Å². The Labute approximate surface area is 146 Å². The molecule has 1 amide bonds. The fourth-order valence-electron chi connectivity index (χ4n) is 2.75. The van der Waals surface area contributed by atoms with Crippen LogP contribution in [0.3, 0.4) is 0 Å². The van der Waals surface area contributed by atoms with Gasteiger partial charge in [-0.1, -0.05) is 40.2 Å². The second-order valence-corrected chi connectivity index (χ2v) is 6.38. The Kier molecular flexibility index (Phi) is 4.24. The number of amides is 1. The number of nitrogens with zero attached hydrogens (tertiary/aromatic N) is 1. The number of hydrogen-bond donors (Lipinski definition) is 1. The minimum atomic E-state index is -0.757. The number of likely N-dealkylation sites (tertiary alicyclic amines) is 1. The molecule has 1 saturated heterocycles. The van der Waals surface area contributed by atoms with Crippen molar-refractivity contribution in [1.82, 2.24) is 4.90 Å². The molecular formula is C18H13BrFNO3. The number of likely N-dealkylation sites (N-methyl/N-ethyl adjacent to an activating group) is 1. The topological polar surface area (TPSA) is 57.6 Å². The maximum Gasteiger partial charge on any atom is 0.295 e. The first kappa shape index (κ1) is 16.4. The minimum absolute atomic E-state index is 0.00330. The summed E-state index contributed by atoms with van der Waals surface area (Å²) in [6.07, 6.45) is 0. The highest BCUT2D eigenvalue weighted by Gasteiger charge is 2.44. The quantitative estimate of drug-likeness (QED) is 0.484. The molecule has 6 heteroatoms. The summed E-state index contributed by atoms with van der Waals surface area (Å²) < 4.78 is 14.0. The van der Waals surface area contributed by atoms with Gasteiger partial charge in [0.05, 0.1) is 11.6 Å². The molecule has 2 aromatic carbocycles. The van der Waals surface area contributed by atoms with Crippen LogP contribution in [0.25, 0.3) is 5.76 Å². The summed E-state index contributed by atoms with van der Waals surface area (Å²) in [7, 11) is 1.48. The van der Waals surface area contributed by atoms with Crippen LogP contribution >= 0.6 is 15.9 Å². The summed E-state index contributed by atoms with van der Waals surface area (Å²) in [4.78, 5) is 25.7. The van der Waals surface area contributed by atoms with E-state index < -0.39 is 23.5 Å². The molecule has 1 heterocycles. The van der Waals surface area contributed by atoms with E-state index in [9.17, 15) is 19.1 Å². The molecule has 0 aromatic heterocycles. The van der Waals surface area contributed by atoms with Crippen LogP contribution in [0.5, 0.6) is 0 Å². The van der Waals surface area contributed by atoms with Crippen molar-refractivity contribution < 1.29 is 19.1 Å². The van der Waals surface area contributed by atoms with Crippen LogP contribution < -0.4 is 0 Å². The molecule has 122 valence electrons. The van der Waals surface area contributed by atoms with Crippen LogP contribution in [0.4, 0.5) is 4.39 Å². The molecule has 0 bridgehead atoms. The van der Waals surface area contributed by atoms with Gasteiger partial charge in [-0.15, -0.1) is 0 Å². The number of ketones is 1. The highest BCUT2D eigenvalue weighted by Crippen LogP contribution is 2.38. The summed E-state index contributed by atoms with van der Waals surface area (Å²) in [5.74, 6) is -2.13. The van der Waals surface area contributed by atoms with Gasteiger partial charge in [-0.2, -0.15) is 0 Å². The Bertz CT molecular complexity index is 844. The van der Waals surface area contributed by atoms with Gasteiger partial charge in [0.15, 0.2) is 0 Å². The largest absolute Gasteiger partial charge is 0.507 e. The third kappa shape index (κ3) is 2.73. The van der Waals surface area contributed by atoms with E-state index in [0.29, 0.717) is 11.1 Å². The Morgan fingerprint density at radius 1 is 1.08 bits per heavy atom. The zero-order chi connectivity index (χ0) is 17.4. The van der Waals surface area contributed by atoms with Gasteiger partial charge < -0.3 is 10.0 Å². The van der Waals surface area contributed by atoms with Crippen LogP contribution in [-0.2, 0) is 9.59 Å². The molecule has 4 nitrogen and oxygen atoms in total. The van der Waals surface area contributed by atoms with Crippen molar-refractivity contribution in [3.63, 3.8) is 0 Å². The molecule has 1 N–H and O–H groups in total. The monoisotopic (exact) mass is 389 g/mol. The van der Waals surface area contributed by atoms with Gasteiger partial charge in [0.2, 0.25) is 0 Å². The van der Waals surface area contributed by atoms with Crippen LogP contribution in [-0.4, -0.2) is 28.7 Å². The molecule has 0 aliphatic carbocycles. The van der Waals surface area contributed by atoms with Gasteiger partial charge in [-0.25, -0.2) is 4.39 Å². The average molecular weight is 390 g/mol. The van der Waals surface area contributed by atoms with E-state index in [1.807, 2.05) is 0 Å². The smallest absolute Gasteiger partial charge is 0.295 e. The van der Waals surface area contributed by atoms with E-state index in [-0.39, 0.29) is 11.3 Å². The van der Waals surface area contributed by atoms with Crippen LogP contribution in [0.15, 0.2) is 58.6 Å². The van der Waals surface area contributed by atoms with Crippen LogP contribution in [0.2, 0.25) is 0 Å². The average Bonchev–Trinajstić information content (AvgIpc) is 2.80. The number of hydrogen-bond acceptors (Lipinski definition) is 3. The summed E-state index contributed by atoms with van der Waals surface area (Å²) in [5, 5.41) is 10.6. The van der Waals surface area contributed by atoms with Crippen LogP contribution in [0.1, 0.15) is 17.2 Å². The number of carbonyl (C=O) groups is 2. The highest BCUT2D eigenvalue weighted by molar-refractivity contribution is 9.10. The summed E-state index contributed by atoms with van der Waals surface area (Å²) in [6.45, 7) is 0. The molecule has 1 unspecified atom stereocenters. The first-order valence-electron chi connectivity index (χ1n) is 7.16. The normalized spacial score (nSPS) is 19.8. The van der Waals surface area contributed by atoms with Crippen molar-refractivity contribution in [2.24, 2.45) is 0 Å². The fourth-order valence-corrected chi connectivity index (χ4v) is 3.01. The lowest BCUT2D eigenvalue weighted by Gasteiger charge is -2.21. The zero-order valence-electron chi connectivity index (χ0n) is 12.7. The van der Waals surface area contributed by atoms with E-state index in [4.69, 9.17) is 0 Å². The van der Waals surface area contributed by atoms with Gasteiger partial charge >= 0.3 is 0 Å². The van der Waals surface area contributed by atoms with Gasteiger partial charge in [0.25, 0.3) is 11.7 Å². The molecule has 1 aliphatic rings. The Morgan fingerprint density at radius 2 is 1.67 bits per heavy atom. The number of carbonyl (C=O) groups excluding carboxylic acids is 2. The standard InChI is InChI=1S/C18H13BrFNO3/c1-21-15(10-4-8-13(20)9-5-10)14(17(23)18(21)24)16(22)11-2-6-12(19)7-3-11/h2-9,15,22H,1H3/b16-14-. The molecule has 3 rings (SSSR count). The van der Waals surface area contributed by atoms with Crippen molar-refractivity contribution in [1.29, 1.82) is 0 Å². The number of aliphatic hydroxyl groups excluding tert-OH is 1. The van der Waals surface area contributed by atoms with E-state index in [2.05, 4.69) is 15.9 Å². The molecule has 0 spiro atoms. The first-order chi connectivity index (χ1) is 11.4. The summed E-state index contributed by atoms with van der Waals surface area (Å²) in [6, 6.07) is 11.5. The Hall–Kier alpha value is -2.47. The maximum absolute atomic E-state index is 13.2. The van der Waals surface area contributed by atoms with Gasteiger partial charge in [0, 0.05) is 17.1 Å². The second kappa shape index (κ2) is 6.20. The van der Waals surface area contributed by atoms with E-state index in [1.165, 1.54) is 36.2 Å².